The Morgan fingerprint density at radius 3 is 2.63 bits per heavy atom. The maximum Gasteiger partial charge on any atom is 0.410 e. The van der Waals surface area contributed by atoms with Crippen LogP contribution in [0.2, 0.25) is 0 Å². The van der Waals surface area contributed by atoms with Crippen LogP contribution in [0.1, 0.15) is 25.7 Å². The van der Waals surface area contributed by atoms with Crippen LogP contribution in [-0.2, 0) is 9.53 Å². The molecule has 27 heavy (non-hydrogen) atoms. The van der Waals surface area contributed by atoms with Crippen LogP contribution in [0.25, 0.3) is 0 Å². The molecule has 0 aromatic heterocycles. The number of halogens is 3. The number of rotatable bonds is 4. The standard InChI is InChI=1S/C18H19F3N2O4/c19-12-1-2-13(16(21)15(12)20)26-7-10-5-11(6-10)27-17(25)23-8-18(9-23)4-3-14(24)22-18/h1-2,10-11H,3-9H2,(H,22,24). The molecule has 0 atom stereocenters. The molecule has 4 rings (SSSR count). The van der Waals surface area contributed by atoms with Crippen LogP contribution in [0.5, 0.6) is 5.75 Å². The normalized spacial score (nSPS) is 25.6. The number of hydrogen-bond acceptors (Lipinski definition) is 4. The lowest BCUT2D eigenvalue weighted by Crippen LogP contribution is -2.68. The Hall–Kier alpha value is -2.45. The number of likely N-dealkylation sites (tertiary alicyclic amines) is 1. The summed E-state index contributed by atoms with van der Waals surface area (Å²) in [5.41, 5.74) is -0.277. The van der Waals surface area contributed by atoms with E-state index in [0.29, 0.717) is 32.4 Å². The van der Waals surface area contributed by atoms with Gasteiger partial charge in [0.05, 0.1) is 12.1 Å². The lowest BCUT2D eigenvalue weighted by molar-refractivity contribution is -0.120. The highest BCUT2D eigenvalue weighted by atomic mass is 19.2. The number of benzene rings is 1. The van der Waals surface area contributed by atoms with Gasteiger partial charge in [0.15, 0.2) is 17.4 Å². The number of ether oxygens (including phenoxy) is 2. The molecular formula is C18H19F3N2O4. The highest BCUT2D eigenvalue weighted by Gasteiger charge is 2.50. The Bertz CT molecular complexity index is 776. The number of carbonyl (C=O) groups is 2. The van der Waals surface area contributed by atoms with Crippen LogP contribution in [0.3, 0.4) is 0 Å². The fourth-order valence-corrected chi connectivity index (χ4v) is 3.78. The van der Waals surface area contributed by atoms with Crippen molar-refractivity contribution in [3.05, 3.63) is 29.6 Å². The smallest absolute Gasteiger partial charge is 0.410 e. The summed E-state index contributed by atoms with van der Waals surface area (Å²) < 4.78 is 50.2. The van der Waals surface area contributed by atoms with E-state index in [0.717, 1.165) is 18.6 Å². The minimum absolute atomic E-state index is 0.0160. The largest absolute Gasteiger partial charge is 0.490 e. The summed E-state index contributed by atoms with van der Waals surface area (Å²) in [6, 6.07) is 1.86. The molecule has 2 aliphatic heterocycles. The Balaban J connectivity index is 1.17. The van der Waals surface area contributed by atoms with Gasteiger partial charge in [0.25, 0.3) is 0 Å². The summed E-state index contributed by atoms with van der Waals surface area (Å²) in [4.78, 5) is 24.9. The quantitative estimate of drug-likeness (QED) is 0.810. The third kappa shape index (κ3) is 3.42. The molecule has 1 spiro atoms. The highest BCUT2D eigenvalue weighted by Crippen LogP contribution is 2.34. The first-order chi connectivity index (χ1) is 12.8. The van der Waals surface area contributed by atoms with E-state index < -0.39 is 23.5 Å². The van der Waals surface area contributed by atoms with Crippen molar-refractivity contribution >= 4 is 12.0 Å². The number of nitrogens with one attached hydrogen (secondary N) is 1. The van der Waals surface area contributed by atoms with E-state index in [1.54, 1.807) is 4.90 Å². The van der Waals surface area contributed by atoms with Crippen LogP contribution in [-0.4, -0.2) is 48.2 Å². The number of amides is 2. The van der Waals surface area contributed by atoms with Gasteiger partial charge in [-0.25, -0.2) is 13.6 Å². The molecule has 1 saturated carbocycles. The van der Waals surface area contributed by atoms with Gasteiger partial charge in [0.1, 0.15) is 6.10 Å². The van der Waals surface area contributed by atoms with Gasteiger partial charge in [-0.3, -0.25) is 4.79 Å². The molecule has 146 valence electrons. The Kier molecular flexibility index (Phi) is 4.39. The topological polar surface area (TPSA) is 67.9 Å². The molecule has 1 N–H and O–H groups in total. The molecule has 6 nitrogen and oxygen atoms in total. The van der Waals surface area contributed by atoms with E-state index in [2.05, 4.69) is 5.32 Å². The Labute approximate surface area is 153 Å². The second-order valence-electron chi connectivity index (χ2n) is 7.51. The van der Waals surface area contributed by atoms with Crippen molar-refractivity contribution < 1.29 is 32.2 Å². The van der Waals surface area contributed by atoms with Crippen molar-refractivity contribution in [2.24, 2.45) is 5.92 Å². The van der Waals surface area contributed by atoms with E-state index >= 15 is 0 Å². The van der Waals surface area contributed by atoms with Gasteiger partial charge in [-0.1, -0.05) is 0 Å². The molecule has 0 unspecified atom stereocenters. The van der Waals surface area contributed by atoms with Crippen molar-refractivity contribution in [1.29, 1.82) is 0 Å². The highest BCUT2D eigenvalue weighted by molar-refractivity contribution is 5.81. The van der Waals surface area contributed by atoms with Gasteiger partial charge in [0.2, 0.25) is 11.7 Å². The summed E-state index contributed by atoms with van der Waals surface area (Å²) in [7, 11) is 0. The Morgan fingerprint density at radius 2 is 1.96 bits per heavy atom. The lowest BCUT2D eigenvalue weighted by Gasteiger charge is -2.47. The van der Waals surface area contributed by atoms with Crippen molar-refractivity contribution in [3.8, 4) is 5.75 Å². The van der Waals surface area contributed by atoms with Gasteiger partial charge in [-0.2, -0.15) is 4.39 Å². The van der Waals surface area contributed by atoms with Crippen molar-refractivity contribution in [3.63, 3.8) is 0 Å². The first kappa shape index (κ1) is 17.9. The fraction of sp³-hybridized carbons (Fsp3) is 0.556. The zero-order valence-electron chi connectivity index (χ0n) is 14.5. The summed E-state index contributed by atoms with van der Waals surface area (Å²) in [5.74, 6) is -4.43. The average molecular weight is 384 g/mol. The summed E-state index contributed by atoms with van der Waals surface area (Å²) >= 11 is 0. The second kappa shape index (κ2) is 6.61. The first-order valence-electron chi connectivity index (χ1n) is 8.88. The third-order valence-corrected chi connectivity index (χ3v) is 5.41. The van der Waals surface area contributed by atoms with Crippen molar-refractivity contribution in [2.75, 3.05) is 19.7 Å². The fourth-order valence-electron chi connectivity index (χ4n) is 3.78. The molecule has 3 aliphatic rings. The molecule has 1 aromatic carbocycles. The van der Waals surface area contributed by atoms with E-state index in [4.69, 9.17) is 9.47 Å². The molecule has 9 heteroatoms. The molecule has 1 aromatic rings. The van der Waals surface area contributed by atoms with E-state index in [-0.39, 0.29) is 35.8 Å². The molecule has 2 amide bonds. The van der Waals surface area contributed by atoms with Crippen LogP contribution in [0.15, 0.2) is 12.1 Å². The summed E-state index contributed by atoms with van der Waals surface area (Å²) in [6.45, 7) is 1.06. The molecule has 2 heterocycles. The van der Waals surface area contributed by atoms with Crippen LogP contribution in [0.4, 0.5) is 18.0 Å². The van der Waals surface area contributed by atoms with Crippen LogP contribution < -0.4 is 10.1 Å². The number of carbonyl (C=O) groups excluding carboxylic acids is 2. The molecular weight excluding hydrogens is 365 g/mol. The first-order valence-corrected chi connectivity index (χ1v) is 8.88. The van der Waals surface area contributed by atoms with Gasteiger partial charge in [-0.05, 0) is 37.3 Å². The molecule has 1 aliphatic carbocycles. The molecule has 0 bridgehead atoms. The predicted molar refractivity (Wildman–Crippen MR) is 86.5 cm³/mol. The maximum absolute atomic E-state index is 13.5. The van der Waals surface area contributed by atoms with Crippen molar-refractivity contribution in [1.82, 2.24) is 10.2 Å². The predicted octanol–water partition coefficient (Wildman–Crippen LogP) is 2.36. The number of nitrogens with zero attached hydrogens (tertiary/aromatic N) is 1. The Morgan fingerprint density at radius 1 is 1.22 bits per heavy atom. The van der Waals surface area contributed by atoms with Gasteiger partial charge in [0, 0.05) is 19.5 Å². The summed E-state index contributed by atoms with van der Waals surface area (Å²) in [5, 5.41) is 2.90. The van der Waals surface area contributed by atoms with Crippen molar-refractivity contribution in [2.45, 2.75) is 37.3 Å². The minimum atomic E-state index is -1.56. The zero-order chi connectivity index (χ0) is 19.2. The molecule has 3 fully saturated rings. The average Bonchev–Trinajstić information content (AvgIpc) is 2.97. The molecule has 2 saturated heterocycles. The van der Waals surface area contributed by atoms with Gasteiger partial charge < -0.3 is 19.7 Å². The third-order valence-electron chi connectivity index (χ3n) is 5.41. The van der Waals surface area contributed by atoms with Crippen LogP contribution in [0, 0.1) is 23.4 Å². The summed E-state index contributed by atoms with van der Waals surface area (Å²) in [6.07, 6.45) is 1.71. The maximum atomic E-state index is 13.5. The number of hydrogen-bond donors (Lipinski definition) is 1. The lowest BCUT2D eigenvalue weighted by atomic mass is 9.83. The molecule has 0 radical (unpaired) electrons. The SMILES string of the molecule is O=C1CCC2(CN(C(=O)OC3CC(COc4ccc(F)c(F)c4F)C3)C2)N1. The van der Waals surface area contributed by atoms with Gasteiger partial charge >= 0.3 is 6.09 Å². The monoisotopic (exact) mass is 384 g/mol. The second-order valence-corrected chi connectivity index (χ2v) is 7.51. The van der Waals surface area contributed by atoms with Gasteiger partial charge in [-0.15, -0.1) is 0 Å². The minimum Gasteiger partial charge on any atom is -0.490 e. The zero-order valence-corrected chi connectivity index (χ0v) is 14.5. The van der Waals surface area contributed by atoms with E-state index in [1.807, 2.05) is 0 Å². The van der Waals surface area contributed by atoms with Crippen LogP contribution >= 0.6 is 0 Å². The van der Waals surface area contributed by atoms with E-state index in [1.165, 1.54) is 0 Å². The van der Waals surface area contributed by atoms with E-state index in [9.17, 15) is 22.8 Å².